The van der Waals surface area contributed by atoms with Crippen molar-refractivity contribution in [3.8, 4) is 0 Å². The number of esters is 1. The van der Waals surface area contributed by atoms with E-state index in [9.17, 15) is 14.4 Å². The zero-order valence-corrected chi connectivity index (χ0v) is 15.5. The molecule has 0 bridgehead atoms. The van der Waals surface area contributed by atoms with Crippen LogP contribution in [-0.4, -0.2) is 61.1 Å². The van der Waals surface area contributed by atoms with Crippen molar-refractivity contribution < 1.29 is 28.3 Å². The molecule has 0 aliphatic carbocycles. The van der Waals surface area contributed by atoms with Crippen LogP contribution < -0.4 is 11.1 Å². The van der Waals surface area contributed by atoms with Crippen molar-refractivity contribution in [2.45, 2.75) is 39.9 Å². The molecule has 0 aromatic carbocycles. The number of carbonyl (C=O) groups excluding carboxylic acids is 3. The van der Waals surface area contributed by atoms with Crippen LogP contribution >= 0.6 is 0 Å². The molecule has 26 heavy (non-hydrogen) atoms. The Morgan fingerprint density at radius 2 is 1.85 bits per heavy atom. The van der Waals surface area contributed by atoms with E-state index in [0.29, 0.717) is 13.1 Å². The number of nitrogens with zero attached hydrogens (tertiary/aromatic N) is 1. The smallest absolute Gasteiger partial charge is 0.342 e. The Labute approximate surface area is 151 Å². The zero-order chi connectivity index (χ0) is 19.4. The minimum absolute atomic E-state index is 0.0222. The van der Waals surface area contributed by atoms with E-state index in [1.807, 2.05) is 18.7 Å². The molecule has 1 aromatic heterocycles. The predicted molar refractivity (Wildman–Crippen MR) is 93.0 cm³/mol. The fourth-order valence-electron chi connectivity index (χ4n) is 3.10. The van der Waals surface area contributed by atoms with E-state index >= 15 is 0 Å². The lowest BCUT2D eigenvalue weighted by molar-refractivity contribution is -0.121. The number of rotatable bonds is 6. The lowest BCUT2D eigenvalue weighted by Gasteiger charge is -2.34. The van der Waals surface area contributed by atoms with Gasteiger partial charge in [0.2, 0.25) is 11.8 Å². The van der Waals surface area contributed by atoms with Crippen LogP contribution in [0.4, 0.5) is 5.88 Å². The third kappa shape index (κ3) is 4.61. The quantitative estimate of drug-likeness (QED) is 0.716. The molecule has 1 aliphatic heterocycles. The topological polar surface area (TPSA) is 124 Å². The minimum Gasteiger partial charge on any atom is -0.462 e. The first kappa shape index (κ1) is 19.9. The van der Waals surface area contributed by atoms with Gasteiger partial charge in [0.15, 0.2) is 0 Å². The second-order valence-corrected chi connectivity index (χ2v) is 6.32. The molecule has 9 nitrogen and oxygen atoms in total. The Hall–Kier alpha value is -2.39. The molecule has 2 amide bonds. The Kier molecular flexibility index (Phi) is 6.38. The average Bonchev–Trinajstić information content (AvgIpc) is 2.82. The van der Waals surface area contributed by atoms with Crippen molar-refractivity contribution in [3.05, 3.63) is 16.9 Å². The molecule has 1 aliphatic rings. The van der Waals surface area contributed by atoms with Gasteiger partial charge in [0.25, 0.3) is 5.91 Å². The second-order valence-electron chi connectivity index (χ2n) is 6.32. The van der Waals surface area contributed by atoms with E-state index in [2.05, 4.69) is 5.32 Å². The van der Waals surface area contributed by atoms with Gasteiger partial charge in [0, 0.05) is 13.1 Å². The second kappa shape index (κ2) is 8.33. The first-order chi connectivity index (χ1) is 12.2. The molecule has 1 fully saturated rings. The Morgan fingerprint density at radius 1 is 1.23 bits per heavy atom. The van der Waals surface area contributed by atoms with Gasteiger partial charge >= 0.3 is 5.97 Å². The number of carbonyl (C=O) groups is 3. The SMILES string of the molecule is CCOC(=O)c1c(C)oc(NC(=O)CN2C[C@H](C)O[C@@H](C)C2)c1C(N)=O. The number of nitrogens with two attached hydrogens (primary N) is 1. The van der Waals surface area contributed by atoms with Gasteiger partial charge in [-0.05, 0) is 27.7 Å². The van der Waals surface area contributed by atoms with E-state index in [0.717, 1.165) is 0 Å². The average molecular weight is 367 g/mol. The lowest BCUT2D eigenvalue weighted by atomic mass is 10.1. The zero-order valence-electron chi connectivity index (χ0n) is 15.5. The van der Waals surface area contributed by atoms with Crippen LogP contribution in [0.5, 0.6) is 0 Å². The highest BCUT2D eigenvalue weighted by Crippen LogP contribution is 2.27. The van der Waals surface area contributed by atoms with Crippen LogP contribution in [0.1, 0.15) is 47.2 Å². The minimum atomic E-state index is -0.881. The van der Waals surface area contributed by atoms with Gasteiger partial charge in [-0.2, -0.15) is 0 Å². The van der Waals surface area contributed by atoms with Crippen LogP contribution in [0.25, 0.3) is 0 Å². The molecule has 1 saturated heterocycles. The Balaban J connectivity index is 2.15. The highest BCUT2D eigenvalue weighted by Gasteiger charge is 2.30. The summed E-state index contributed by atoms with van der Waals surface area (Å²) in [5.74, 6) is -1.97. The summed E-state index contributed by atoms with van der Waals surface area (Å²) in [6, 6.07) is 0. The highest BCUT2D eigenvalue weighted by molar-refractivity contribution is 6.10. The number of hydrogen-bond donors (Lipinski definition) is 2. The standard InChI is InChI=1S/C17H25N3O6/c1-5-24-17(23)13-11(4)26-16(14(13)15(18)22)19-12(21)8-20-6-9(2)25-10(3)7-20/h9-10H,5-8H2,1-4H3,(H2,18,22)(H,19,21)/t9-,10-/m0/s1. The number of morpholine rings is 1. The molecule has 2 rings (SSSR count). The van der Waals surface area contributed by atoms with E-state index < -0.39 is 11.9 Å². The highest BCUT2D eigenvalue weighted by atomic mass is 16.5. The van der Waals surface area contributed by atoms with Gasteiger partial charge in [0.05, 0.1) is 25.4 Å². The maximum Gasteiger partial charge on any atom is 0.342 e. The van der Waals surface area contributed by atoms with Gasteiger partial charge < -0.3 is 19.6 Å². The number of amides is 2. The van der Waals surface area contributed by atoms with Crippen LogP contribution in [0, 0.1) is 6.92 Å². The van der Waals surface area contributed by atoms with Crippen molar-refractivity contribution in [1.82, 2.24) is 4.90 Å². The number of primary amides is 1. The van der Waals surface area contributed by atoms with Crippen LogP contribution in [0.3, 0.4) is 0 Å². The number of ether oxygens (including phenoxy) is 2. The molecule has 0 unspecified atom stereocenters. The van der Waals surface area contributed by atoms with Crippen LogP contribution in [0.2, 0.25) is 0 Å². The Bertz CT molecular complexity index is 689. The van der Waals surface area contributed by atoms with Crippen molar-refractivity contribution in [3.63, 3.8) is 0 Å². The van der Waals surface area contributed by atoms with E-state index in [-0.39, 0.29) is 54.0 Å². The summed E-state index contributed by atoms with van der Waals surface area (Å²) in [6.45, 7) is 8.49. The van der Waals surface area contributed by atoms with Gasteiger partial charge in [-0.25, -0.2) is 4.79 Å². The number of hydrogen-bond acceptors (Lipinski definition) is 7. The fraction of sp³-hybridized carbons (Fsp3) is 0.588. The number of anilines is 1. The first-order valence-electron chi connectivity index (χ1n) is 8.50. The summed E-state index contributed by atoms with van der Waals surface area (Å²) in [6.07, 6.45) is 0.0445. The molecular weight excluding hydrogens is 342 g/mol. The molecule has 0 saturated carbocycles. The Morgan fingerprint density at radius 3 is 2.38 bits per heavy atom. The number of nitrogens with one attached hydrogen (secondary N) is 1. The summed E-state index contributed by atoms with van der Waals surface area (Å²) in [5, 5.41) is 2.53. The van der Waals surface area contributed by atoms with E-state index in [1.54, 1.807) is 6.92 Å². The largest absolute Gasteiger partial charge is 0.462 e. The molecule has 9 heteroatoms. The molecule has 1 aromatic rings. The summed E-state index contributed by atoms with van der Waals surface area (Å²) in [7, 11) is 0. The first-order valence-corrected chi connectivity index (χ1v) is 8.50. The summed E-state index contributed by atoms with van der Waals surface area (Å²) in [4.78, 5) is 38.2. The monoisotopic (exact) mass is 367 g/mol. The molecule has 2 atom stereocenters. The van der Waals surface area contributed by atoms with Crippen molar-refractivity contribution in [2.24, 2.45) is 5.73 Å². The maximum absolute atomic E-state index is 12.4. The van der Waals surface area contributed by atoms with Crippen LogP contribution in [-0.2, 0) is 14.3 Å². The molecule has 144 valence electrons. The van der Waals surface area contributed by atoms with Crippen molar-refractivity contribution in [1.29, 1.82) is 0 Å². The summed E-state index contributed by atoms with van der Waals surface area (Å²) >= 11 is 0. The van der Waals surface area contributed by atoms with Gasteiger partial charge in [-0.15, -0.1) is 0 Å². The molecule has 3 N–H and O–H groups in total. The van der Waals surface area contributed by atoms with E-state index in [4.69, 9.17) is 19.6 Å². The number of furan rings is 1. The molecule has 0 radical (unpaired) electrons. The fourth-order valence-corrected chi connectivity index (χ4v) is 3.10. The third-order valence-electron chi connectivity index (χ3n) is 3.93. The summed E-state index contributed by atoms with van der Waals surface area (Å²) < 4.78 is 16.0. The van der Waals surface area contributed by atoms with E-state index in [1.165, 1.54) is 6.92 Å². The molecule has 0 spiro atoms. The van der Waals surface area contributed by atoms with Crippen molar-refractivity contribution in [2.75, 3.05) is 31.6 Å². The van der Waals surface area contributed by atoms with Gasteiger partial charge in [0.1, 0.15) is 16.9 Å². The summed E-state index contributed by atoms with van der Waals surface area (Å²) in [5.41, 5.74) is 5.13. The van der Waals surface area contributed by atoms with Crippen molar-refractivity contribution >= 4 is 23.7 Å². The molecule has 2 heterocycles. The normalized spacial score (nSPS) is 20.6. The van der Waals surface area contributed by atoms with Gasteiger partial charge in [-0.1, -0.05) is 0 Å². The number of aryl methyl sites for hydroxylation is 1. The lowest BCUT2D eigenvalue weighted by Crippen LogP contribution is -2.48. The van der Waals surface area contributed by atoms with Crippen LogP contribution in [0.15, 0.2) is 4.42 Å². The van der Waals surface area contributed by atoms with Gasteiger partial charge in [-0.3, -0.25) is 19.8 Å². The maximum atomic E-state index is 12.4. The predicted octanol–water partition coefficient (Wildman–Crippen LogP) is 0.911. The third-order valence-corrected chi connectivity index (χ3v) is 3.93. The molecular formula is C17H25N3O6.